The summed E-state index contributed by atoms with van der Waals surface area (Å²) in [5.74, 6) is 1.11. The highest BCUT2D eigenvalue weighted by Crippen LogP contribution is 2.27. The topological polar surface area (TPSA) is 29.1 Å². The Balaban J connectivity index is 2.05. The lowest BCUT2D eigenvalue weighted by Crippen LogP contribution is -2.35. The van der Waals surface area contributed by atoms with Crippen LogP contribution < -0.4 is 5.32 Å². The van der Waals surface area contributed by atoms with Gasteiger partial charge in [-0.3, -0.25) is 4.79 Å². The maximum Gasteiger partial charge on any atom is 0.225 e. The van der Waals surface area contributed by atoms with Gasteiger partial charge in [0.15, 0.2) is 0 Å². The van der Waals surface area contributed by atoms with Crippen molar-refractivity contribution >= 4 is 5.91 Å². The molecule has 0 bridgehead atoms. The summed E-state index contributed by atoms with van der Waals surface area (Å²) in [6.45, 7) is 6.74. The summed E-state index contributed by atoms with van der Waals surface area (Å²) in [4.78, 5) is 11.6. The molecule has 0 atom stereocenters. The average molecular weight is 225 g/mol. The zero-order chi connectivity index (χ0) is 12.0. The minimum Gasteiger partial charge on any atom is -0.356 e. The van der Waals surface area contributed by atoms with Gasteiger partial charge >= 0.3 is 0 Å². The van der Waals surface area contributed by atoms with Gasteiger partial charge < -0.3 is 5.32 Å². The smallest absolute Gasteiger partial charge is 0.225 e. The first-order chi connectivity index (χ1) is 7.50. The highest BCUT2D eigenvalue weighted by Gasteiger charge is 2.20. The predicted molar refractivity (Wildman–Crippen MR) is 68.3 cm³/mol. The van der Waals surface area contributed by atoms with E-state index in [1.807, 2.05) is 20.8 Å². The lowest BCUT2D eigenvalue weighted by atomic mass is 9.86. The molecule has 1 amide bonds. The summed E-state index contributed by atoms with van der Waals surface area (Å²) >= 11 is 0. The Morgan fingerprint density at radius 2 is 1.81 bits per heavy atom. The van der Waals surface area contributed by atoms with E-state index in [1.165, 1.54) is 38.5 Å². The summed E-state index contributed by atoms with van der Waals surface area (Å²) in [5.41, 5.74) is -0.245. The van der Waals surface area contributed by atoms with Crippen molar-refractivity contribution in [2.45, 2.75) is 65.7 Å². The Hall–Kier alpha value is -0.530. The average Bonchev–Trinajstić information content (AvgIpc) is 2.24. The van der Waals surface area contributed by atoms with Gasteiger partial charge in [-0.05, 0) is 18.8 Å². The number of hydrogen-bond acceptors (Lipinski definition) is 1. The van der Waals surface area contributed by atoms with E-state index in [9.17, 15) is 4.79 Å². The summed E-state index contributed by atoms with van der Waals surface area (Å²) in [5, 5.41) is 3.02. The fourth-order valence-electron chi connectivity index (χ4n) is 2.33. The van der Waals surface area contributed by atoms with Crippen LogP contribution in [-0.4, -0.2) is 12.5 Å². The second kappa shape index (κ2) is 6.27. The molecule has 1 saturated carbocycles. The fourth-order valence-corrected chi connectivity index (χ4v) is 2.33. The predicted octanol–water partition coefficient (Wildman–Crippen LogP) is 3.51. The van der Waals surface area contributed by atoms with Crippen LogP contribution in [0.15, 0.2) is 0 Å². The molecule has 1 aliphatic rings. The molecule has 0 aromatic carbocycles. The van der Waals surface area contributed by atoms with Crippen molar-refractivity contribution in [2.75, 3.05) is 6.54 Å². The van der Waals surface area contributed by atoms with E-state index in [0.717, 1.165) is 18.9 Å². The van der Waals surface area contributed by atoms with Gasteiger partial charge in [-0.1, -0.05) is 52.9 Å². The zero-order valence-corrected chi connectivity index (χ0v) is 11.1. The van der Waals surface area contributed by atoms with Gasteiger partial charge in [-0.25, -0.2) is 0 Å². The second-order valence-electron chi connectivity index (χ2n) is 6.15. The first-order valence-corrected chi connectivity index (χ1v) is 6.78. The van der Waals surface area contributed by atoms with E-state index >= 15 is 0 Å². The van der Waals surface area contributed by atoms with Crippen LogP contribution in [0, 0.1) is 11.3 Å². The number of nitrogens with one attached hydrogen (secondary N) is 1. The third-order valence-electron chi connectivity index (χ3n) is 3.48. The molecule has 2 heteroatoms. The minimum atomic E-state index is -0.245. The fraction of sp³-hybridized carbons (Fsp3) is 0.929. The number of carbonyl (C=O) groups is 1. The maximum atomic E-state index is 11.6. The molecule has 0 spiro atoms. The first kappa shape index (κ1) is 13.5. The Morgan fingerprint density at radius 1 is 1.19 bits per heavy atom. The molecule has 0 heterocycles. The minimum absolute atomic E-state index is 0.177. The summed E-state index contributed by atoms with van der Waals surface area (Å²) in [6, 6.07) is 0. The molecule has 2 nitrogen and oxygen atoms in total. The van der Waals surface area contributed by atoms with Crippen LogP contribution >= 0.6 is 0 Å². The number of rotatable bonds is 4. The molecule has 1 N–H and O–H groups in total. The molecule has 0 aromatic heterocycles. The van der Waals surface area contributed by atoms with E-state index in [0.29, 0.717) is 0 Å². The molecule has 0 aliphatic heterocycles. The first-order valence-electron chi connectivity index (χ1n) is 6.78. The van der Waals surface area contributed by atoms with Gasteiger partial charge in [-0.15, -0.1) is 0 Å². The Morgan fingerprint density at radius 3 is 2.38 bits per heavy atom. The third kappa shape index (κ3) is 5.00. The van der Waals surface area contributed by atoms with Crippen LogP contribution in [0.25, 0.3) is 0 Å². The Kier molecular flexibility index (Phi) is 5.30. The second-order valence-corrected chi connectivity index (χ2v) is 6.15. The number of amides is 1. The van der Waals surface area contributed by atoms with E-state index < -0.39 is 0 Å². The van der Waals surface area contributed by atoms with Gasteiger partial charge in [0, 0.05) is 12.0 Å². The van der Waals surface area contributed by atoms with Crippen LogP contribution in [0.2, 0.25) is 0 Å². The van der Waals surface area contributed by atoms with Gasteiger partial charge in [0.2, 0.25) is 5.91 Å². The summed E-state index contributed by atoms with van der Waals surface area (Å²) in [6.07, 6.45) is 9.52. The van der Waals surface area contributed by atoms with Crippen molar-refractivity contribution in [1.82, 2.24) is 5.32 Å². The maximum absolute atomic E-state index is 11.6. The Bertz CT molecular complexity index is 211. The van der Waals surface area contributed by atoms with Gasteiger partial charge in [-0.2, -0.15) is 0 Å². The highest BCUT2D eigenvalue weighted by atomic mass is 16.2. The van der Waals surface area contributed by atoms with Gasteiger partial charge in [0.25, 0.3) is 0 Å². The number of carbonyl (C=O) groups excluding carboxylic acids is 1. The van der Waals surface area contributed by atoms with Crippen LogP contribution in [-0.2, 0) is 4.79 Å². The summed E-state index contributed by atoms with van der Waals surface area (Å²) < 4.78 is 0. The largest absolute Gasteiger partial charge is 0.356 e. The van der Waals surface area contributed by atoms with Gasteiger partial charge in [0.05, 0.1) is 0 Å². The molecule has 16 heavy (non-hydrogen) atoms. The number of hydrogen-bond donors (Lipinski definition) is 1. The van der Waals surface area contributed by atoms with E-state index in [1.54, 1.807) is 0 Å². The van der Waals surface area contributed by atoms with Crippen LogP contribution in [0.5, 0.6) is 0 Å². The molecular formula is C14H27NO. The molecular weight excluding hydrogens is 198 g/mol. The van der Waals surface area contributed by atoms with Crippen LogP contribution in [0.4, 0.5) is 0 Å². The molecule has 1 aliphatic carbocycles. The van der Waals surface area contributed by atoms with Crippen molar-refractivity contribution in [2.24, 2.45) is 11.3 Å². The van der Waals surface area contributed by atoms with Gasteiger partial charge in [0.1, 0.15) is 0 Å². The van der Waals surface area contributed by atoms with Crippen LogP contribution in [0.1, 0.15) is 65.7 Å². The van der Waals surface area contributed by atoms with Crippen molar-refractivity contribution < 1.29 is 4.79 Å². The van der Waals surface area contributed by atoms with Crippen molar-refractivity contribution in [1.29, 1.82) is 0 Å². The van der Waals surface area contributed by atoms with E-state index in [4.69, 9.17) is 0 Å². The van der Waals surface area contributed by atoms with Crippen molar-refractivity contribution in [3.63, 3.8) is 0 Å². The summed E-state index contributed by atoms with van der Waals surface area (Å²) in [7, 11) is 0. The Labute approximate surface area is 100 Å². The molecule has 0 saturated heterocycles. The van der Waals surface area contributed by atoms with E-state index in [2.05, 4.69) is 5.32 Å². The van der Waals surface area contributed by atoms with Crippen LogP contribution in [0.3, 0.4) is 0 Å². The van der Waals surface area contributed by atoms with Crippen molar-refractivity contribution in [3.8, 4) is 0 Å². The molecule has 0 unspecified atom stereocenters. The lowest BCUT2D eigenvalue weighted by Gasteiger charge is -2.22. The molecule has 1 fully saturated rings. The molecule has 0 radical (unpaired) electrons. The highest BCUT2D eigenvalue weighted by molar-refractivity contribution is 5.81. The molecule has 0 aromatic rings. The third-order valence-corrected chi connectivity index (χ3v) is 3.48. The monoisotopic (exact) mass is 225 g/mol. The van der Waals surface area contributed by atoms with Crippen molar-refractivity contribution in [3.05, 3.63) is 0 Å². The molecule has 94 valence electrons. The zero-order valence-electron chi connectivity index (χ0n) is 11.1. The quantitative estimate of drug-likeness (QED) is 0.729. The standard InChI is InChI=1S/C14H27NO/c1-14(2,3)13(16)15-11-7-10-12-8-5-4-6-9-12/h12H,4-11H2,1-3H3,(H,15,16). The lowest BCUT2D eigenvalue weighted by molar-refractivity contribution is -0.128. The van der Waals surface area contributed by atoms with E-state index in [-0.39, 0.29) is 11.3 Å². The molecule has 1 rings (SSSR count). The normalized spacial score (nSPS) is 18.4. The SMILES string of the molecule is CC(C)(C)C(=O)NCCCC1CCCCC1.